The fourth-order valence-electron chi connectivity index (χ4n) is 1.90. The van der Waals surface area contributed by atoms with Crippen LogP contribution in [0.4, 0.5) is 5.69 Å². The molecule has 0 fully saturated rings. The molecule has 0 aliphatic carbocycles. The minimum Gasteiger partial charge on any atom is -0.398 e. The van der Waals surface area contributed by atoms with Crippen LogP contribution in [-0.2, 0) is 5.41 Å². The highest BCUT2D eigenvalue weighted by Crippen LogP contribution is 2.30. The minimum atomic E-state index is -1.09. The maximum atomic E-state index is 10.2. The van der Waals surface area contributed by atoms with Crippen molar-refractivity contribution in [2.24, 2.45) is 5.11 Å². The first kappa shape index (κ1) is 16.3. The van der Waals surface area contributed by atoms with Gasteiger partial charge in [-0.25, -0.2) is 0 Å². The maximum absolute atomic E-state index is 10.2. The number of nitrogens with zero attached hydrogens (tertiary/aromatic N) is 3. The summed E-state index contributed by atoms with van der Waals surface area (Å²) in [6.45, 7) is 6.32. The number of hydrogen-bond acceptors (Lipinski definition) is 4. The largest absolute Gasteiger partial charge is 0.398 e. The second kappa shape index (κ2) is 6.61. The number of nitrogens with two attached hydrogens (primary N) is 1. The Morgan fingerprint density at radius 3 is 2.55 bits per heavy atom. The predicted octanol–water partition coefficient (Wildman–Crippen LogP) is 2.66. The summed E-state index contributed by atoms with van der Waals surface area (Å²) >= 11 is 0. The Kier molecular flexibility index (Phi) is 5.39. The molecule has 4 N–H and O–H groups in total. The summed E-state index contributed by atoms with van der Waals surface area (Å²) in [5.74, 6) is 0. The molecule has 6 heteroatoms. The van der Waals surface area contributed by atoms with Crippen LogP contribution in [0.3, 0.4) is 0 Å². The average Bonchev–Trinajstić information content (AvgIpc) is 2.37. The van der Waals surface area contributed by atoms with Gasteiger partial charge in [0.25, 0.3) is 0 Å². The molecule has 0 amide bonds. The molecule has 0 radical (unpaired) electrons. The van der Waals surface area contributed by atoms with E-state index in [0.29, 0.717) is 11.3 Å². The van der Waals surface area contributed by atoms with E-state index in [2.05, 4.69) is 30.8 Å². The molecule has 0 saturated carbocycles. The van der Waals surface area contributed by atoms with Crippen LogP contribution >= 0.6 is 0 Å². The second-order valence-electron chi connectivity index (χ2n) is 5.85. The number of aliphatic hydroxyl groups excluding tert-OH is 2. The fourth-order valence-corrected chi connectivity index (χ4v) is 1.90. The van der Waals surface area contributed by atoms with Gasteiger partial charge in [-0.2, -0.15) is 0 Å². The molecule has 0 aliphatic heterocycles. The highest BCUT2D eigenvalue weighted by Gasteiger charge is 2.22. The summed E-state index contributed by atoms with van der Waals surface area (Å²) in [5.41, 5.74) is 16.0. The van der Waals surface area contributed by atoms with Crippen molar-refractivity contribution in [3.05, 3.63) is 39.8 Å². The predicted molar refractivity (Wildman–Crippen MR) is 79.2 cm³/mol. The van der Waals surface area contributed by atoms with Crippen molar-refractivity contribution in [3.63, 3.8) is 0 Å². The van der Waals surface area contributed by atoms with Gasteiger partial charge in [-0.1, -0.05) is 38.0 Å². The van der Waals surface area contributed by atoms with E-state index in [1.165, 1.54) is 0 Å². The molecule has 20 heavy (non-hydrogen) atoms. The van der Waals surface area contributed by atoms with E-state index in [-0.39, 0.29) is 18.4 Å². The lowest BCUT2D eigenvalue weighted by Gasteiger charge is -2.24. The average molecular weight is 278 g/mol. The summed E-state index contributed by atoms with van der Waals surface area (Å²) in [4.78, 5) is 2.61. The lowest BCUT2D eigenvalue weighted by Crippen LogP contribution is -2.21. The lowest BCUT2D eigenvalue weighted by molar-refractivity contribution is 0.0154. The smallest absolute Gasteiger partial charge is 0.107 e. The van der Waals surface area contributed by atoms with Gasteiger partial charge < -0.3 is 15.9 Å². The molecule has 2 atom stereocenters. The van der Waals surface area contributed by atoms with Crippen LogP contribution in [0.5, 0.6) is 0 Å². The molecule has 0 aromatic heterocycles. The normalized spacial score (nSPS) is 14.4. The van der Waals surface area contributed by atoms with Gasteiger partial charge in [0.2, 0.25) is 0 Å². The minimum absolute atomic E-state index is 0.0712. The molecule has 1 aromatic carbocycles. The van der Waals surface area contributed by atoms with Crippen LogP contribution in [0.1, 0.15) is 44.4 Å². The topological polar surface area (TPSA) is 115 Å². The van der Waals surface area contributed by atoms with E-state index in [0.717, 1.165) is 5.56 Å². The number of nitrogen functional groups attached to an aromatic ring is 1. The van der Waals surface area contributed by atoms with Crippen LogP contribution in [-0.4, -0.2) is 22.9 Å². The van der Waals surface area contributed by atoms with Gasteiger partial charge in [0.05, 0.1) is 6.10 Å². The van der Waals surface area contributed by atoms with Gasteiger partial charge in [-0.05, 0) is 29.0 Å². The number of aliphatic hydroxyl groups is 2. The monoisotopic (exact) mass is 278 g/mol. The quantitative estimate of drug-likeness (QED) is 0.333. The standard InChI is InChI=1S/C14H22N4O2/c1-14(2,3)9-4-5-11(15)10(8-9)13(20)12(19)6-7-17-18-16/h4-5,8,12-13,19-20H,6-7,15H2,1-3H3. The maximum Gasteiger partial charge on any atom is 0.107 e. The molecule has 6 nitrogen and oxygen atoms in total. The van der Waals surface area contributed by atoms with Gasteiger partial charge in [0, 0.05) is 22.7 Å². The number of rotatable bonds is 5. The van der Waals surface area contributed by atoms with E-state index in [1.54, 1.807) is 6.07 Å². The molecule has 0 heterocycles. The number of benzene rings is 1. The third-order valence-corrected chi connectivity index (χ3v) is 3.22. The molecule has 110 valence electrons. The second-order valence-corrected chi connectivity index (χ2v) is 5.85. The zero-order valence-electron chi connectivity index (χ0n) is 12.1. The summed E-state index contributed by atoms with van der Waals surface area (Å²) < 4.78 is 0. The Balaban J connectivity index is 2.96. The number of azide groups is 1. The number of hydrogen-bond donors (Lipinski definition) is 3. The fraction of sp³-hybridized carbons (Fsp3) is 0.571. The molecule has 0 saturated heterocycles. The Labute approximate surface area is 118 Å². The molecule has 0 spiro atoms. The third-order valence-electron chi connectivity index (χ3n) is 3.22. The first-order chi connectivity index (χ1) is 9.27. The van der Waals surface area contributed by atoms with E-state index in [4.69, 9.17) is 11.3 Å². The summed E-state index contributed by atoms with van der Waals surface area (Å²) in [6.07, 6.45) is -1.92. The number of anilines is 1. The van der Waals surface area contributed by atoms with E-state index in [1.807, 2.05) is 12.1 Å². The van der Waals surface area contributed by atoms with Crippen LogP contribution in [0.15, 0.2) is 23.3 Å². The van der Waals surface area contributed by atoms with E-state index >= 15 is 0 Å². The summed E-state index contributed by atoms with van der Waals surface area (Å²) in [6, 6.07) is 5.47. The van der Waals surface area contributed by atoms with Crippen LogP contribution in [0.25, 0.3) is 10.4 Å². The molecule has 2 unspecified atom stereocenters. The molecule has 1 aromatic rings. The van der Waals surface area contributed by atoms with Crippen LogP contribution in [0.2, 0.25) is 0 Å². The summed E-state index contributed by atoms with van der Waals surface area (Å²) in [7, 11) is 0. The van der Waals surface area contributed by atoms with Gasteiger partial charge in [-0.3, -0.25) is 0 Å². The Morgan fingerprint density at radius 1 is 1.35 bits per heavy atom. The van der Waals surface area contributed by atoms with E-state index < -0.39 is 12.2 Å². The van der Waals surface area contributed by atoms with Gasteiger partial charge in [0.15, 0.2) is 0 Å². The van der Waals surface area contributed by atoms with Crippen LogP contribution < -0.4 is 5.73 Å². The third kappa shape index (κ3) is 4.13. The SMILES string of the molecule is CC(C)(C)c1ccc(N)c(C(O)C(O)CCN=[N+]=[N-])c1. The molecule has 0 bridgehead atoms. The van der Waals surface area contributed by atoms with Gasteiger partial charge in [-0.15, -0.1) is 0 Å². The van der Waals surface area contributed by atoms with Crippen molar-refractivity contribution in [2.75, 3.05) is 12.3 Å². The highest BCUT2D eigenvalue weighted by atomic mass is 16.3. The Morgan fingerprint density at radius 2 is 2.00 bits per heavy atom. The zero-order valence-corrected chi connectivity index (χ0v) is 12.1. The molecule has 1 rings (SSSR count). The first-order valence-electron chi connectivity index (χ1n) is 6.54. The Bertz CT molecular complexity index is 504. The van der Waals surface area contributed by atoms with Gasteiger partial charge >= 0.3 is 0 Å². The molecule has 0 aliphatic rings. The van der Waals surface area contributed by atoms with Crippen LogP contribution in [0, 0.1) is 0 Å². The highest BCUT2D eigenvalue weighted by molar-refractivity contribution is 5.51. The molecular weight excluding hydrogens is 256 g/mol. The Hall–Kier alpha value is -1.75. The van der Waals surface area contributed by atoms with Gasteiger partial charge in [0.1, 0.15) is 6.10 Å². The van der Waals surface area contributed by atoms with Crippen molar-refractivity contribution < 1.29 is 10.2 Å². The summed E-state index contributed by atoms with van der Waals surface area (Å²) in [5, 5.41) is 23.5. The van der Waals surface area contributed by atoms with Crippen molar-refractivity contribution in [2.45, 2.75) is 44.8 Å². The van der Waals surface area contributed by atoms with Crippen molar-refractivity contribution in [1.82, 2.24) is 0 Å². The van der Waals surface area contributed by atoms with Crippen molar-refractivity contribution in [1.29, 1.82) is 0 Å². The van der Waals surface area contributed by atoms with Crippen molar-refractivity contribution >= 4 is 5.69 Å². The zero-order chi connectivity index (χ0) is 15.3. The molecular formula is C14H22N4O2. The lowest BCUT2D eigenvalue weighted by atomic mass is 9.84. The van der Waals surface area contributed by atoms with E-state index in [9.17, 15) is 10.2 Å². The first-order valence-corrected chi connectivity index (χ1v) is 6.54. The van der Waals surface area contributed by atoms with Crippen molar-refractivity contribution in [3.8, 4) is 0 Å².